The Hall–Kier alpha value is 0.170. The summed E-state index contributed by atoms with van der Waals surface area (Å²) in [5.41, 5.74) is 0.0143. The summed E-state index contributed by atoms with van der Waals surface area (Å²) in [5.74, 6) is 0. The minimum absolute atomic E-state index is 0.00717. The number of quaternary nitrogens is 1. The number of rotatable bonds is 3. The highest BCUT2D eigenvalue weighted by atomic mass is 35.5. The van der Waals surface area contributed by atoms with Crippen molar-refractivity contribution < 1.29 is 9.22 Å². The average Bonchev–Trinajstić information content (AvgIpc) is 2.13. The molecule has 0 aromatic carbocycles. The maximum Gasteiger partial charge on any atom is 0.190 e. The SMILES string of the molecule is CN(CCO)[N+]1(Cl)C(C)(C)CCCC1(C)C. The van der Waals surface area contributed by atoms with Gasteiger partial charge in [-0.25, -0.2) is 0 Å². The lowest BCUT2D eigenvalue weighted by atomic mass is 9.81. The predicted octanol–water partition coefficient (Wildman–Crippen LogP) is 2.54. The van der Waals surface area contributed by atoms with Gasteiger partial charge in [-0.2, -0.15) is 0 Å². The predicted molar refractivity (Wildman–Crippen MR) is 67.8 cm³/mol. The summed E-state index contributed by atoms with van der Waals surface area (Å²) >= 11 is 6.94. The van der Waals surface area contributed by atoms with Crippen LogP contribution in [0.3, 0.4) is 0 Å². The van der Waals surface area contributed by atoms with E-state index in [0.717, 1.165) is 12.8 Å². The Balaban J connectivity index is 3.09. The minimum atomic E-state index is 0.00717. The van der Waals surface area contributed by atoms with Gasteiger partial charge in [0.1, 0.15) is 11.1 Å². The first-order valence-electron chi connectivity index (χ1n) is 6.10. The molecule has 0 aromatic heterocycles. The normalized spacial score (nSPS) is 27.0. The van der Waals surface area contributed by atoms with Gasteiger partial charge < -0.3 is 5.11 Å². The molecule has 3 nitrogen and oxygen atoms in total. The molecule has 0 amide bonds. The molecule has 1 aliphatic rings. The average molecular weight is 250 g/mol. The molecule has 0 radical (unpaired) electrons. The lowest BCUT2D eigenvalue weighted by Crippen LogP contribution is -2.73. The number of aliphatic hydroxyl groups excluding tert-OH is 1. The van der Waals surface area contributed by atoms with Crippen molar-refractivity contribution in [2.24, 2.45) is 0 Å². The molecule has 16 heavy (non-hydrogen) atoms. The molecule has 1 rings (SSSR count). The van der Waals surface area contributed by atoms with Crippen LogP contribution in [0, 0.1) is 0 Å². The Morgan fingerprint density at radius 2 is 1.62 bits per heavy atom. The number of halogens is 1. The summed E-state index contributed by atoms with van der Waals surface area (Å²) in [5, 5.41) is 11.2. The highest BCUT2D eigenvalue weighted by Gasteiger charge is 2.59. The standard InChI is InChI=1S/C12H26ClN2O/c1-11(2)7-6-8-12(3,4)15(11,13)14(5)9-10-16/h16H,6-10H2,1-5H3/q+1. The first-order valence-corrected chi connectivity index (χ1v) is 6.44. The van der Waals surface area contributed by atoms with E-state index >= 15 is 0 Å². The molecule has 0 aliphatic carbocycles. The minimum Gasteiger partial charge on any atom is -0.395 e. The largest absolute Gasteiger partial charge is 0.395 e. The molecule has 0 atom stereocenters. The van der Waals surface area contributed by atoms with E-state index in [4.69, 9.17) is 16.9 Å². The summed E-state index contributed by atoms with van der Waals surface area (Å²) < 4.78 is 0.389. The van der Waals surface area contributed by atoms with Crippen molar-refractivity contribution in [3.8, 4) is 0 Å². The van der Waals surface area contributed by atoms with Gasteiger partial charge in [0.25, 0.3) is 0 Å². The molecule has 4 heteroatoms. The summed E-state index contributed by atoms with van der Waals surface area (Å²) in [7, 11) is 2.00. The van der Waals surface area contributed by atoms with Gasteiger partial charge in [0.15, 0.2) is 11.8 Å². The summed E-state index contributed by atoms with van der Waals surface area (Å²) in [6.07, 6.45) is 3.46. The van der Waals surface area contributed by atoms with Gasteiger partial charge in [-0.3, -0.25) is 0 Å². The lowest BCUT2D eigenvalue weighted by molar-refractivity contribution is -1.02. The second kappa shape index (κ2) is 4.45. The number of hydrogen-bond acceptors (Lipinski definition) is 2. The molecule has 1 aliphatic heterocycles. The maximum absolute atomic E-state index is 9.11. The fourth-order valence-electron chi connectivity index (χ4n) is 3.28. The Labute approximate surface area is 105 Å². The van der Waals surface area contributed by atoms with Crippen LogP contribution in [-0.4, -0.2) is 45.5 Å². The molecule has 0 saturated carbocycles. The highest BCUT2D eigenvalue weighted by Crippen LogP contribution is 2.48. The molecule has 1 fully saturated rings. The zero-order valence-electron chi connectivity index (χ0n) is 11.3. The molecule has 1 heterocycles. The topological polar surface area (TPSA) is 23.5 Å². The van der Waals surface area contributed by atoms with Gasteiger partial charge in [-0.1, -0.05) is 0 Å². The highest BCUT2D eigenvalue weighted by molar-refractivity contribution is 6.07. The Morgan fingerprint density at radius 1 is 1.19 bits per heavy atom. The van der Waals surface area contributed by atoms with Crippen LogP contribution in [0.15, 0.2) is 0 Å². The molecule has 1 N–H and O–H groups in total. The van der Waals surface area contributed by atoms with Crippen LogP contribution in [0.1, 0.15) is 47.0 Å². The first-order chi connectivity index (χ1) is 7.19. The third kappa shape index (κ3) is 1.99. The quantitative estimate of drug-likeness (QED) is 0.777. The van der Waals surface area contributed by atoms with Crippen LogP contribution in [0.5, 0.6) is 0 Å². The van der Waals surface area contributed by atoms with Gasteiger partial charge in [-0.15, -0.1) is 9.12 Å². The van der Waals surface area contributed by atoms with Crippen LogP contribution in [0.2, 0.25) is 0 Å². The molecule has 0 aromatic rings. The Kier molecular flexibility index (Phi) is 3.96. The van der Waals surface area contributed by atoms with E-state index in [2.05, 4.69) is 32.7 Å². The van der Waals surface area contributed by atoms with Gasteiger partial charge in [0.2, 0.25) is 0 Å². The first kappa shape index (κ1) is 14.2. The number of hydrogen-bond donors (Lipinski definition) is 1. The van der Waals surface area contributed by atoms with Crippen molar-refractivity contribution >= 4 is 11.8 Å². The Bertz CT molecular complexity index is 237. The summed E-state index contributed by atoms with van der Waals surface area (Å²) in [4.78, 5) is 0. The van der Waals surface area contributed by atoms with E-state index in [9.17, 15) is 0 Å². The molecular weight excluding hydrogens is 224 g/mol. The number of piperidine rings is 1. The maximum atomic E-state index is 9.11. The Morgan fingerprint density at radius 3 is 2.00 bits per heavy atom. The molecule has 0 unspecified atom stereocenters. The second-order valence-corrected chi connectivity index (χ2v) is 6.63. The van der Waals surface area contributed by atoms with Crippen molar-refractivity contribution in [2.75, 3.05) is 20.2 Å². The molecule has 0 spiro atoms. The van der Waals surface area contributed by atoms with E-state index in [1.54, 1.807) is 0 Å². The van der Waals surface area contributed by atoms with Crippen LogP contribution in [-0.2, 0) is 0 Å². The third-order valence-corrected chi connectivity index (χ3v) is 5.25. The van der Waals surface area contributed by atoms with Crippen molar-refractivity contribution in [3.05, 3.63) is 0 Å². The fourth-order valence-corrected chi connectivity index (χ4v) is 3.52. The van der Waals surface area contributed by atoms with E-state index < -0.39 is 0 Å². The van der Waals surface area contributed by atoms with Gasteiger partial charge >= 0.3 is 0 Å². The van der Waals surface area contributed by atoms with Crippen molar-refractivity contribution in [1.82, 2.24) is 5.01 Å². The number of nitrogens with zero attached hydrogens (tertiary/aromatic N) is 2. The lowest BCUT2D eigenvalue weighted by Gasteiger charge is -2.58. The zero-order chi connectivity index (χ0) is 12.6. The summed E-state index contributed by atoms with van der Waals surface area (Å²) in [6, 6.07) is 0. The second-order valence-electron chi connectivity index (χ2n) is 6.14. The molecular formula is C12H26ClN2O+. The zero-order valence-corrected chi connectivity index (χ0v) is 12.0. The van der Waals surface area contributed by atoms with Gasteiger partial charge in [-0.05, 0) is 34.1 Å². The van der Waals surface area contributed by atoms with Crippen LogP contribution >= 0.6 is 11.8 Å². The monoisotopic (exact) mass is 249 g/mol. The van der Waals surface area contributed by atoms with E-state index in [0.29, 0.717) is 10.7 Å². The van der Waals surface area contributed by atoms with Gasteiger partial charge in [0, 0.05) is 19.9 Å². The summed E-state index contributed by atoms with van der Waals surface area (Å²) in [6.45, 7) is 9.62. The van der Waals surface area contributed by atoms with E-state index in [1.165, 1.54) is 6.42 Å². The van der Waals surface area contributed by atoms with Crippen LogP contribution in [0.25, 0.3) is 0 Å². The smallest absolute Gasteiger partial charge is 0.190 e. The number of aliphatic hydroxyl groups is 1. The van der Waals surface area contributed by atoms with Crippen molar-refractivity contribution in [2.45, 2.75) is 58.0 Å². The van der Waals surface area contributed by atoms with E-state index in [-0.39, 0.29) is 17.7 Å². The molecule has 1 saturated heterocycles. The number of likely N-dealkylation sites (N-methyl/N-ethyl adjacent to an activating group) is 1. The van der Waals surface area contributed by atoms with E-state index in [1.807, 2.05) is 7.05 Å². The van der Waals surface area contributed by atoms with Crippen LogP contribution in [0.4, 0.5) is 0 Å². The van der Waals surface area contributed by atoms with Crippen molar-refractivity contribution in [3.63, 3.8) is 0 Å². The molecule has 96 valence electrons. The van der Waals surface area contributed by atoms with Gasteiger partial charge in [0.05, 0.1) is 13.2 Å². The fraction of sp³-hybridized carbons (Fsp3) is 1.00. The van der Waals surface area contributed by atoms with Crippen LogP contribution < -0.4 is 0 Å². The molecule has 0 bridgehead atoms. The van der Waals surface area contributed by atoms with Crippen molar-refractivity contribution in [1.29, 1.82) is 0 Å². The third-order valence-electron chi connectivity index (χ3n) is 4.08.